The van der Waals surface area contributed by atoms with Crippen LogP contribution in [0.2, 0.25) is 5.28 Å². The summed E-state index contributed by atoms with van der Waals surface area (Å²) >= 11 is 6.08. The first-order chi connectivity index (χ1) is 18.1. The van der Waals surface area contributed by atoms with Gasteiger partial charge in [-0.1, -0.05) is 13.8 Å². The van der Waals surface area contributed by atoms with Gasteiger partial charge in [-0.2, -0.15) is 15.1 Å². The minimum Gasteiger partial charge on any atom is -0.487 e. The number of hydrogen-bond acceptors (Lipinski definition) is 10. The van der Waals surface area contributed by atoms with E-state index in [9.17, 15) is 4.79 Å². The van der Waals surface area contributed by atoms with Gasteiger partial charge in [-0.3, -0.25) is 9.48 Å². The first-order valence-electron chi connectivity index (χ1n) is 13.0. The number of aromatic nitrogens is 7. The highest BCUT2D eigenvalue weighted by molar-refractivity contribution is 6.28. The number of rotatable bonds is 9. The average Bonchev–Trinajstić information content (AvgIpc) is 3.23. The number of anilines is 1. The minimum absolute atomic E-state index is 0.0809. The van der Waals surface area contributed by atoms with Crippen LogP contribution in [-0.2, 0) is 23.1 Å². The second-order valence-corrected chi connectivity index (χ2v) is 10.5. The van der Waals surface area contributed by atoms with Crippen LogP contribution in [-0.4, -0.2) is 52.9 Å². The van der Waals surface area contributed by atoms with Gasteiger partial charge in [0.15, 0.2) is 11.6 Å². The third-order valence-electron chi connectivity index (χ3n) is 6.40. The molecule has 1 aliphatic rings. The minimum atomic E-state index is -0.144. The third-order valence-corrected chi connectivity index (χ3v) is 6.57. The van der Waals surface area contributed by atoms with Crippen molar-refractivity contribution in [2.24, 2.45) is 13.0 Å². The highest BCUT2D eigenvalue weighted by Gasteiger charge is 2.30. The van der Waals surface area contributed by atoms with Gasteiger partial charge in [-0.25, -0.2) is 15.0 Å². The number of nitrogens with zero attached hydrogens (tertiary/aromatic N) is 7. The molecule has 3 aromatic rings. The maximum Gasteiger partial charge on any atom is 0.309 e. The molecule has 0 saturated heterocycles. The molecule has 204 valence electrons. The first kappa shape index (κ1) is 27.7. The van der Waals surface area contributed by atoms with Crippen LogP contribution < -0.4 is 10.1 Å². The van der Waals surface area contributed by atoms with Crippen molar-refractivity contribution in [3.63, 3.8) is 0 Å². The number of nitrogens with one attached hydrogen (secondary N) is 1. The van der Waals surface area contributed by atoms with Crippen LogP contribution in [0.5, 0.6) is 5.75 Å². The number of esters is 1. The van der Waals surface area contributed by atoms with E-state index in [-0.39, 0.29) is 35.3 Å². The zero-order chi connectivity index (χ0) is 27.4. The molecule has 1 N–H and O–H groups in total. The molecular weight excluding hydrogens is 508 g/mol. The summed E-state index contributed by atoms with van der Waals surface area (Å²) in [7, 11) is 1.86. The van der Waals surface area contributed by atoms with E-state index in [0.717, 1.165) is 36.2 Å². The number of aryl methyl sites for hydroxylation is 2. The quantitative estimate of drug-likeness (QED) is 0.381. The second kappa shape index (κ2) is 12.0. The maximum atomic E-state index is 12.4. The molecule has 3 aromatic heterocycles. The van der Waals surface area contributed by atoms with Gasteiger partial charge in [0, 0.05) is 13.0 Å². The summed E-state index contributed by atoms with van der Waals surface area (Å²) in [4.78, 5) is 34.5. The van der Waals surface area contributed by atoms with Crippen molar-refractivity contribution in [2.75, 3.05) is 5.32 Å². The van der Waals surface area contributed by atoms with Crippen molar-refractivity contribution in [3.8, 4) is 17.1 Å². The van der Waals surface area contributed by atoms with Crippen LogP contribution in [0, 0.1) is 12.8 Å². The summed E-state index contributed by atoms with van der Waals surface area (Å²) in [6, 6.07) is 0. The van der Waals surface area contributed by atoms with Crippen LogP contribution in [0.3, 0.4) is 0 Å². The Kier molecular flexibility index (Phi) is 8.76. The van der Waals surface area contributed by atoms with Crippen molar-refractivity contribution >= 4 is 23.5 Å². The first-order valence-corrected chi connectivity index (χ1v) is 13.4. The van der Waals surface area contributed by atoms with Crippen molar-refractivity contribution in [3.05, 3.63) is 34.9 Å². The number of carbonyl (C=O) groups excluding carboxylic acids is 1. The molecular formula is C26H35ClN8O3. The molecule has 1 saturated carbocycles. The summed E-state index contributed by atoms with van der Waals surface area (Å²) in [6.07, 6.45) is 6.48. The van der Waals surface area contributed by atoms with E-state index >= 15 is 0 Å². The van der Waals surface area contributed by atoms with Gasteiger partial charge in [0.25, 0.3) is 0 Å². The van der Waals surface area contributed by atoms with Crippen molar-refractivity contribution in [1.29, 1.82) is 0 Å². The monoisotopic (exact) mass is 542 g/mol. The smallest absolute Gasteiger partial charge is 0.309 e. The molecule has 1 fully saturated rings. The Morgan fingerprint density at radius 2 is 1.95 bits per heavy atom. The predicted octanol–water partition coefficient (Wildman–Crippen LogP) is 4.65. The Labute approximate surface area is 227 Å². The predicted molar refractivity (Wildman–Crippen MR) is 143 cm³/mol. The van der Waals surface area contributed by atoms with E-state index in [0.29, 0.717) is 36.3 Å². The van der Waals surface area contributed by atoms with E-state index in [1.165, 1.54) is 0 Å². The molecule has 1 aliphatic carbocycles. The third kappa shape index (κ3) is 6.75. The van der Waals surface area contributed by atoms with Gasteiger partial charge in [-0.15, -0.1) is 0 Å². The molecule has 0 aliphatic heterocycles. The fourth-order valence-corrected chi connectivity index (χ4v) is 4.57. The van der Waals surface area contributed by atoms with Crippen LogP contribution >= 0.6 is 11.6 Å². The fraction of sp³-hybridized carbons (Fsp3) is 0.577. The second-order valence-electron chi connectivity index (χ2n) is 10.2. The molecule has 0 amide bonds. The van der Waals surface area contributed by atoms with Crippen LogP contribution in [0.1, 0.15) is 76.5 Å². The molecule has 1 unspecified atom stereocenters. The van der Waals surface area contributed by atoms with Crippen molar-refractivity contribution in [1.82, 2.24) is 34.7 Å². The van der Waals surface area contributed by atoms with E-state index in [2.05, 4.69) is 30.4 Å². The van der Waals surface area contributed by atoms with Crippen LogP contribution in [0.25, 0.3) is 11.4 Å². The van der Waals surface area contributed by atoms with E-state index in [4.69, 9.17) is 26.1 Å². The number of carbonyl (C=O) groups is 1. The van der Waals surface area contributed by atoms with Crippen LogP contribution in [0.15, 0.2) is 12.4 Å². The Hall–Kier alpha value is -3.34. The van der Waals surface area contributed by atoms with Gasteiger partial charge < -0.3 is 14.8 Å². The Bertz CT molecular complexity index is 1280. The van der Waals surface area contributed by atoms with Crippen molar-refractivity contribution in [2.45, 2.75) is 85.0 Å². The average molecular weight is 543 g/mol. The highest BCUT2D eigenvalue weighted by Crippen LogP contribution is 2.31. The Morgan fingerprint density at radius 1 is 1.16 bits per heavy atom. The van der Waals surface area contributed by atoms with E-state index in [1.54, 1.807) is 17.1 Å². The maximum absolute atomic E-state index is 12.4. The topological polar surface area (TPSA) is 130 Å². The van der Waals surface area contributed by atoms with Gasteiger partial charge in [0.1, 0.15) is 5.82 Å². The number of hydrogen-bond donors (Lipinski definition) is 1. The lowest BCUT2D eigenvalue weighted by atomic mass is 9.87. The normalized spacial score (nSPS) is 17.6. The molecule has 0 radical (unpaired) electrons. The molecule has 0 aromatic carbocycles. The van der Waals surface area contributed by atoms with Crippen molar-refractivity contribution < 1.29 is 14.3 Å². The Morgan fingerprint density at radius 3 is 2.66 bits per heavy atom. The molecule has 0 bridgehead atoms. The number of ether oxygens (including phenoxy) is 2. The standard InChI is InChI=1S/C26H35ClN8O3/c1-14(2)22-32-25(27)34-26(33-22)29-12-20-19(11-30-35(20)6)23-28-13-21(16(5)31-23)38-18-9-7-8-17(10-18)24(36)37-15(3)4/h11,13-15,17-18H,7-10,12H2,1-6H3,(H,29,32,33,34)/t17?,18-/m0/s1. The zero-order valence-corrected chi connectivity index (χ0v) is 23.5. The van der Waals surface area contributed by atoms with Gasteiger partial charge >= 0.3 is 5.97 Å². The largest absolute Gasteiger partial charge is 0.487 e. The molecule has 11 nitrogen and oxygen atoms in total. The molecule has 38 heavy (non-hydrogen) atoms. The van der Waals surface area contributed by atoms with Gasteiger partial charge in [0.2, 0.25) is 11.2 Å². The van der Waals surface area contributed by atoms with Gasteiger partial charge in [0.05, 0.1) is 54.0 Å². The van der Waals surface area contributed by atoms with Gasteiger partial charge in [-0.05, 0) is 58.1 Å². The van der Waals surface area contributed by atoms with E-state index in [1.807, 2.05) is 41.7 Å². The SMILES string of the molecule is Cc1nc(-c2cnn(C)c2CNc2nc(Cl)nc(C(C)C)n2)ncc1O[C@H]1CCCC(C(=O)OC(C)C)C1. The highest BCUT2D eigenvalue weighted by atomic mass is 35.5. The summed E-state index contributed by atoms with van der Waals surface area (Å²) in [5.41, 5.74) is 2.36. The number of halogens is 1. The zero-order valence-electron chi connectivity index (χ0n) is 22.7. The summed E-state index contributed by atoms with van der Waals surface area (Å²) < 4.78 is 13.4. The molecule has 12 heteroatoms. The van der Waals surface area contributed by atoms with Crippen LogP contribution in [0.4, 0.5) is 5.95 Å². The molecule has 0 spiro atoms. The molecule has 2 atom stereocenters. The van der Waals surface area contributed by atoms with E-state index < -0.39 is 0 Å². The fourth-order valence-electron chi connectivity index (χ4n) is 4.40. The lowest BCUT2D eigenvalue weighted by Crippen LogP contribution is -2.32. The molecule has 4 rings (SSSR count). The lowest BCUT2D eigenvalue weighted by molar-refractivity contribution is -0.154. The molecule has 3 heterocycles. The Balaban J connectivity index is 1.46. The summed E-state index contributed by atoms with van der Waals surface area (Å²) in [5.74, 6) is 2.00. The summed E-state index contributed by atoms with van der Waals surface area (Å²) in [5, 5.41) is 7.76. The summed E-state index contributed by atoms with van der Waals surface area (Å²) in [6.45, 7) is 10.0. The lowest BCUT2D eigenvalue weighted by Gasteiger charge is -2.29.